The first kappa shape index (κ1) is 38.1. The molecule has 0 aliphatic carbocycles. The fourth-order valence-electron chi connectivity index (χ4n) is 0. The van der Waals surface area contributed by atoms with Crippen molar-refractivity contribution in [2.24, 2.45) is 0 Å². The summed E-state index contributed by atoms with van der Waals surface area (Å²) in [6.45, 7) is 21.1. The summed E-state index contributed by atoms with van der Waals surface area (Å²) in [6, 6.07) is 0. The summed E-state index contributed by atoms with van der Waals surface area (Å²) in [5.41, 5.74) is 0. The van der Waals surface area contributed by atoms with Crippen LogP contribution in [0.15, 0.2) is 12.7 Å². The van der Waals surface area contributed by atoms with Gasteiger partial charge in [-0.15, -0.1) is 6.58 Å². The number of carbonyl (C=O) groups is 1. The van der Waals surface area contributed by atoms with Crippen molar-refractivity contribution in [2.45, 2.75) is 6.92 Å². The fourth-order valence-corrected chi connectivity index (χ4v) is 0. The summed E-state index contributed by atoms with van der Waals surface area (Å²) in [6.07, 6.45) is 1.50. The molecule has 0 aromatic rings. The van der Waals surface area contributed by atoms with E-state index in [4.69, 9.17) is 23.9 Å². The smallest absolute Gasteiger partial charge is 0 e. The molecule has 0 fully saturated rings. The molecule has 1 radical (unpaired) electrons. The van der Waals surface area contributed by atoms with Gasteiger partial charge in [0.25, 0.3) is 5.97 Å². The van der Waals surface area contributed by atoms with E-state index in [0.717, 1.165) is 6.92 Å². The molecule has 0 amide bonds. The normalized spacial score (nSPS) is 3.14. The average Bonchev–Trinajstić information content (AvgIpc) is 2.14. The van der Waals surface area contributed by atoms with Gasteiger partial charge in [-0.2, -0.15) is 0 Å². The van der Waals surface area contributed by atoms with Crippen molar-refractivity contribution in [3.8, 4) is 0 Å². The molecule has 5 nitrogen and oxygen atoms in total. The van der Waals surface area contributed by atoms with Crippen molar-refractivity contribution in [3.63, 3.8) is 0 Å². The molecule has 0 rings (SSSR count). The monoisotopic (exact) mass is 287 g/mol. The van der Waals surface area contributed by atoms with Crippen LogP contribution in [0.1, 0.15) is 6.92 Å². The summed E-state index contributed by atoms with van der Waals surface area (Å²) < 4.78 is 22.5. The molecule has 0 aromatic heterocycles. The molecule has 1 N–H and O–H groups in total. The molecule has 79 valence electrons. The van der Waals surface area contributed by atoms with Gasteiger partial charge >= 0.3 is 33.9 Å². The van der Waals surface area contributed by atoms with E-state index < -0.39 is 5.97 Å². The molecular formula is C8H9O5Ru. The topological polar surface area (TPSA) is 97.0 Å². The molecule has 0 unspecified atom stereocenters. The molecule has 0 spiro atoms. The number of hydrogen-bond acceptors (Lipinski definition) is 1. The number of rotatable bonds is 0. The van der Waals surface area contributed by atoms with Crippen LogP contribution in [0.5, 0.6) is 0 Å². The molecule has 0 bridgehead atoms. The van der Waals surface area contributed by atoms with Crippen LogP contribution >= 0.6 is 0 Å². The Kier molecular flexibility index (Phi) is 430. The van der Waals surface area contributed by atoms with Gasteiger partial charge in [0.15, 0.2) is 0 Å². The fraction of sp³-hybridized carbons (Fsp3) is 0.125. The minimum atomic E-state index is -0.833. The Morgan fingerprint density at radius 3 is 1.21 bits per heavy atom. The standard InChI is InChI=1S/C3H5.C2H4O2.3CO.Ru/c1-3-2;1-2(3)4;3*1-2;/h3H,1-2H2;1H3,(H,3,4);;;;. The SMILES string of the molecule is CC(=O)O.[C-]#[O+].[C-]#[O+].[C-]#[O+].[CH2]C=C.[Ru]. The van der Waals surface area contributed by atoms with Crippen LogP contribution in [0, 0.1) is 26.9 Å². The van der Waals surface area contributed by atoms with Crippen LogP contribution in [0.3, 0.4) is 0 Å². The van der Waals surface area contributed by atoms with E-state index in [9.17, 15) is 0 Å². The third-order valence-corrected chi connectivity index (χ3v) is 0. The maximum absolute atomic E-state index is 9.00. The van der Waals surface area contributed by atoms with Gasteiger partial charge in [-0.25, -0.2) is 0 Å². The van der Waals surface area contributed by atoms with Crippen LogP contribution in [0.4, 0.5) is 0 Å². The van der Waals surface area contributed by atoms with Gasteiger partial charge in [-0.05, 0) is 6.92 Å². The van der Waals surface area contributed by atoms with Gasteiger partial charge in [0.2, 0.25) is 0 Å². The van der Waals surface area contributed by atoms with Crippen molar-refractivity contribution in [3.05, 3.63) is 39.5 Å². The third kappa shape index (κ3) is 1250. The van der Waals surface area contributed by atoms with Crippen LogP contribution in [-0.2, 0) is 38.2 Å². The van der Waals surface area contributed by atoms with Gasteiger partial charge in [0.1, 0.15) is 0 Å². The first-order valence-corrected chi connectivity index (χ1v) is 2.36. The molecule has 0 aromatic carbocycles. The van der Waals surface area contributed by atoms with Gasteiger partial charge in [-0.1, -0.05) is 6.08 Å². The molecular weight excluding hydrogens is 277 g/mol. The molecule has 0 saturated carbocycles. The Morgan fingerprint density at radius 1 is 1.21 bits per heavy atom. The maximum atomic E-state index is 9.00. The van der Waals surface area contributed by atoms with E-state index in [1.165, 1.54) is 6.08 Å². The first-order chi connectivity index (χ1) is 6.15. The minimum absolute atomic E-state index is 0. The Hall–Kier alpha value is -0.947. The van der Waals surface area contributed by atoms with E-state index >= 15 is 0 Å². The molecule has 14 heavy (non-hydrogen) atoms. The van der Waals surface area contributed by atoms with Crippen LogP contribution < -0.4 is 0 Å². The van der Waals surface area contributed by atoms with Crippen molar-refractivity contribution in [2.75, 3.05) is 0 Å². The number of carboxylic acids is 1. The predicted molar refractivity (Wildman–Crippen MR) is 40.7 cm³/mol. The second kappa shape index (κ2) is 158. The van der Waals surface area contributed by atoms with Crippen LogP contribution in [-0.4, -0.2) is 11.1 Å². The summed E-state index contributed by atoms with van der Waals surface area (Å²) >= 11 is 0. The zero-order valence-electron chi connectivity index (χ0n) is 7.43. The predicted octanol–water partition coefficient (Wildman–Crippen LogP) is 0.982. The van der Waals surface area contributed by atoms with Gasteiger partial charge < -0.3 is 5.11 Å². The minimum Gasteiger partial charge on any atom is -0.103 e. The maximum Gasteiger partial charge on any atom is 0 e. The largest absolute Gasteiger partial charge is 0.103 e. The van der Waals surface area contributed by atoms with Crippen molar-refractivity contribution < 1.29 is 43.3 Å². The molecule has 0 heterocycles. The van der Waals surface area contributed by atoms with Crippen molar-refractivity contribution in [1.82, 2.24) is 0 Å². The quantitative estimate of drug-likeness (QED) is 0.408. The van der Waals surface area contributed by atoms with Gasteiger partial charge in [0, 0.05) is 26.4 Å². The third-order valence-electron chi connectivity index (χ3n) is 0. The summed E-state index contributed by atoms with van der Waals surface area (Å²) in [5, 5.41) is 7.42. The average molecular weight is 286 g/mol. The van der Waals surface area contributed by atoms with Crippen LogP contribution in [0.25, 0.3) is 0 Å². The Morgan fingerprint density at radius 2 is 1.21 bits per heavy atom. The van der Waals surface area contributed by atoms with E-state index in [1.54, 1.807) is 0 Å². The van der Waals surface area contributed by atoms with E-state index in [2.05, 4.69) is 33.5 Å². The van der Waals surface area contributed by atoms with E-state index in [0.29, 0.717) is 0 Å². The Bertz CT molecular complexity index is 129. The zero-order valence-corrected chi connectivity index (χ0v) is 9.16. The second-order valence-corrected chi connectivity index (χ2v) is 0.808. The van der Waals surface area contributed by atoms with Crippen molar-refractivity contribution >= 4 is 5.97 Å². The number of aliphatic carboxylic acids is 1. The molecule has 0 saturated heterocycles. The first-order valence-electron chi connectivity index (χ1n) is 2.36. The summed E-state index contributed by atoms with van der Waals surface area (Å²) in [5.74, 6) is -0.833. The second-order valence-electron chi connectivity index (χ2n) is 0.808. The number of hydrogen-bond donors (Lipinski definition) is 1. The van der Waals surface area contributed by atoms with E-state index in [1.807, 2.05) is 0 Å². The molecule has 6 heteroatoms. The van der Waals surface area contributed by atoms with Crippen LogP contribution in [0.2, 0.25) is 0 Å². The van der Waals surface area contributed by atoms with E-state index in [-0.39, 0.29) is 19.5 Å². The van der Waals surface area contributed by atoms with Crippen molar-refractivity contribution in [1.29, 1.82) is 0 Å². The summed E-state index contributed by atoms with van der Waals surface area (Å²) in [7, 11) is 0. The van der Waals surface area contributed by atoms with Gasteiger partial charge in [0.05, 0.1) is 0 Å². The summed E-state index contributed by atoms with van der Waals surface area (Å²) in [4.78, 5) is 9.00. The number of allylic oxidation sites excluding steroid dienone is 1. The Labute approximate surface area is 96.1 Å². The number of carboxylic acid groups (broad SMARTS) is 1. The Balaban J connectivity index is -0.0000000146. The van der Waals surface area contributed by atoms with Gasteiger partial charge in [-0.3, -0.25) is 4.79 Å². The zero-order chi connectivity index (χ0) is 12.3. The molecule has 0 aliphatic rings. The molecule has 0 aliphatic heterocycles. The molecule has 0 atom stereocenters.